The Morgan fingerprint density at radius 3 is 2.76 bits per heavy atom. The van der Waals surface area contributed by atoms with E-state index in [9.17, 15) is 4.79 Å². The van der Waals surface area contributed by atoms with Crippen molar-refractivity contribution in [3.05, 3.63) is 66.5 Å². The Balaban J connectivity index is 1.57. The van der Waals surface area contributed by atoms with Gasteiger partial charge in [0.15, 0.2) is 0 Å². The van der Waals surface area contributed by atoms with Gasteiger partial charge in [0.1, 0.15) is 5.82 Å². The Hall–Kier alpha value is -3.98. The van der Waals surface area contributed by atoms with Crippen molar-refractivity contribution in [2.75, 3.05) is 49.2 Å². The zero-order chi connectivity index (χ0) is 23.5. The van der Waals surface area contributed by atoms with Crippen LogP contribution in [-0.2, 0) is 16.0 Å². The zero-order valence-electron chi connectivity index (χ0n) is 18.9. The van der Waals surface area contributed by atoms with Crippen LogP contribution in [0.15, 0.2) is 55.4 Å². The second kappa shape index (κ2) is 9.48. The minimum Gasteiger partial charge on any atom is -0.378 e. The van der Waals surface area contributed by atoms with Crippen molar-refractivity contribution in [2.45, 2.75) is 6.42 Å². The number of hydrogen-bond acceptors (Lipinski definition) is 8. The minimum atomic E-state index is -0.434. The van der Waals surface area contributed by atoms with Gasteiger partial charge in [-0.3, -0.25) is 9.78 Å². The number of carbonyl (C=O) groups excluding carboxylic acids is 1. The molecule has 1 aromatic carbocycles. The molecule has 4 heterocycles. The van der Waals surface area contributed by atoms with Crippen LogP contribution in [-0.4, -0.2) is 60.3 Å². The first-order chi connectivity index (χ1) is 16.6. The molecule has 2 aliphatic heterocycles. The topological polar surface area (TPSA) is 109 Å². The third kappa shape index (κ3) is 4.42. The van der Waals surface area contributed by atoms with Crippen LogP contribution in [0, 0.1) is 0 Å². The van der Waals surface area contributed by atoms with Crippen LogP contribution in [0.2, 0.25) is 0 Å². The normalized spacial score (nSPS) is 15.2. The summed E-state index contributed by atoms with van der Waals surface area (Å²) in [5, 5.41) is 2.98. The first kappa shape index (κ1) is 21.8. The number of ether oxygens (including phenoxy) is 1. The van der Waals surface area contributed by atoms with Crippen LogP contribution in [0.3, 0.4) is 0 Å². The molecule has 0 saturated carbocycles. The van der Waals surface area contributed by atoms with Crippen LogP contribution in [0.5, 0.6) is 0 Å². The van der Waals surface area contributed by atoms with Gasteiger partial charge in [0.25, 0.3) is 0 Å². The zero-order valence-corrected chi connectivity index (χ0v) is 18.9. The van der Waals surface area contributed by atoms with Crippen molar-refractivity contribution >= 4 is 29.1 Å². The molecule has 1 fully saturated rings. The molecular formula is C25H27N7O2. The molecule has 9 heteroatoms. The molecule has 0 unspecified atom stereocenters. The molecule has 0 aliphatic carbocycles. The fourth-order valence-electron chi connectivity index (χ4n) is 4.30. The molecule has 0 spiro atoms. The molecule has 0 atom stereocenters. The van der Waals surface area contributed by atoms with E-state index in [0.29, 0.717) is 24.9 Å². The maximum Gasteiger partial charge on any atom is 0.236 e. The third-order valence-corrected chi connectivity index (χ3v) is 6.03. The van der Waals surface area contributed by atoms with Crippen molar-refractivity contribution in [2.24, 2.45) is 5.73 Å². The summed E-state index contributed by atoms with van der Waals surface area (Å²) in [5.74, 6) is 1.18. The second-order valence-corrected chi connectivity index (χ2v) is 8.27. The molecule has 9 nitrogen and oxygen atoms in total. The van der Waals surface area contributed by atoms with Gasteiger partial charge in [0.05, 0.1) is 37.3 Å². The maximum absolute atomic E-state index is 11.2. The Morgan fingerprint density at radius 1 is 1.15 bits per heavy atom. The molecule has 34 heavy (non-hydrogen) atoms. The molecule has 0 radical (unpaired) electrons. The number of primary amides is 1. The highest BCUT2D eigenvalue weighted by atomic mass is 16.5. The lowest BCUT2D eigenvalue weighted by atomic mass is 10.0. The number of carbonyl (C=O) groups is 1. The second-order valence-electron chi connectivity index (χ2n) is 8.27. The number of fused-ring (bicyclic) bond motifs is 1. The molecule has 3 aromatic rings. The van der Waals surface area contributed by atoms with E-state index >= 15 is 0 Å². The number of benzene rings is 1. The summed E-state index contributed by atoms with van der Waals surface area (Å²) in [7, 11) is 0. The van der Waals surface area contributed by atoms with Gasteiger partial charge in [0, 0.05) is 42.7 Å². The average molecular weight is 458 g/mol. The first-order valence-corrected chi connectivity index (χ1v) is 11.3. The largest absolute Gasteiger partial charge is 0.378 e. The Labute approximate surface area is 198 Å². The van der Waals surface area contributed by atoms with E-state index < -0.39 is 5.91 Å². The third-order valence-electron chi connectivity index (χ3n) is 6.03. The lowest BCUT2D eigenvalue weighted by molar-refractivity contribution is -0.117. The Morgan fingerprint density at radius 2 is 2.00 bits per heavy atom. The number of anilines is 3. The van der Waals surface area contributed by atoms with Crippen LogP contribution >= 0.6 is 0 Å². The fraction of sp³-hybridized carbons (Fsp3) is 0.280. The van der Waals surface area contributed by atoms with E-state index in [2.05, 4.69) is 26.7 Å². The van der Waals surface area contributed by atoms with Gasteiger partial charge in [-0.1, -0.05) is 24.8 Å². The highest BCUT2D eigenvalue weighted by Crippen LogP contribution is 2.39. The molecule has 2 aliphatic rings. The van der Waals surface area contributed by atoms with Gasteiger partial charge in [-0.2, -0.15) is 4.98 Å². The summed E-state index contributed by atoms with van der Waals surface area (Å²) in [5.41, 5.74) is 10.8. The predicted octanol–water partition coefficient (Wildman–Crippen LogP) is 2.11. The van der Waals surface area contributed by atoms with E-state index in [4.69, 9.17) is 20.4 Å². The fourth-order valence-corrected chi connectivity index (χ4v) is 4.30. The standard InChI is InChI=1S/C25H27N7O2/c1-17(28-16-22(26)33)18-4-2-5-19(14-18)23-21-7-9-32(20-6-3-8-27-15-20)24(21)30-25(29-23)31-10-12-34-13-11-31/h2-6,8,14-15,28H,1,7,9-13,16H2,(H2,26,33). The molecule has 174 valence electrons. The van der Waals surface area contributed by atoms with Crippen LogP contribution in [0.4, 0.5) is 17.5 Å². The quantitative estimate of drug-likeness (QED) is 0.555. The molecule has 3 N–H and O–H groups in total. The summed E-state index contributed by atoms with van der Waals surface area (Å²) in [6.45, 7) is 7.71. The highest BCUT2D eigenvalue weighted by molar-refractivity contribution is 5.80. The van der Waals surface area contributed by atoms with Crippen molar-refractivity contribution in [1.29, 1.82) is 0 Å². The SMILES string of the molecule is C=C(NCC(N)=O)c1cccc(-c2nc(N3CCOCC3)nc3c2CCN3c2cccnc2)c1. The van der Waals surface area contributed by atoms with Crippen molar-refractivity contribution in [3.63, 3.8) is 0 Å². The van der Waals surface area contributed by atoms with E-state index in [1.54, 1.807) is 6.20 Å². The average Bonchev–Trinajstić information content (AvgIpc) is 3.32. The van der Waals surface area contributed by atoms with Crippen molar-refractivity contribution in [1.82, 2.24) is 20.3 Å². The maximum atomic E-state index is 11.2. The number of aromatic nitrogens is 3. The lowest BCUT2D eigenvalue weighted by Crippen LogP contribution is -2.37. The van der Waals surface area contributed by atoms with Gasteiger partial charge in [0.2, 0.25) is 11.9 Å². The van der Waals surface area contributed by atoms with Crippen molar-refractivity contribution < 1.29 is 9.53 Å². The van der Waals surface area contributed by atoms with E-state index in [1.807, 2.05) is 42.6 Å². The lowest BCUT2D eigenvalue weighted by Gasteiger charge is -2.28. The van der Waals surface area contributed by atoms with E-state index in [-0.39, 0.29) is 6.54 Å². The highest BCUT2D eigenvalue weighted by Gasteiger charge is 2.29. The summed E-state index contributed by atoms with van der Waals surface area (Å²) < 4.78 is 5.54. The monoisotopic (exact) mass is 457 g/mol. The van der Waals surface area contributed by atoms with Crippen molar-refractivity contribution in [3.8, 4) is 11.3 Å². The molecule has 0 bridgehead atoms. The van der Waals surface area contributed by atoms with E-state index in [1.165, 1.54) is 0 Å². The van der Waals surface area contributed by atoms with Gasteiger partial charge < -0.3 is 25.6 Å². The van der Waals surface area contributed by atoms with Gasteiger partial charge in [-0.05, 0) is 30.2 Å². The minimum absolute atomic E-state index is 0.0349. The van der Waals surface area contributed by atoms with Crippen LogP contribution in [0.25, 0.3) is 17.0 Å². The number of rotatable bonds is 7. The summed E-state index contributed by atoms with van der Waals surface area (Å²) in [6.07, 6.45) is 4.46. The van der Waals surface area contributed by atoms with Gasteiger partial charge >= 0.3 is 0 Å². The number of hydrogen-bond donors (Lipinski definition) is 2. The smallest absolute Gasteiger partial charge is 0.236 e. The van der Waals surface area contributed by atoms with Crippen LogP contribution in [0.1, 0.15) is 11.1 Å². The van der Waals surface area contributed by atoms with Gasteiger partial charge in [-0.25, -0.2) is 4.98 Å². The number of amides is 1. The molecule has 5 rings (SSSR count). The number of pyridine rings is 1. The summed E-state index contributed by atoms with van der Waals surface area (Å²) in [6, 6.07) is 12.0. The number of nitrogens with two attached hydrogens (primary N) is 1. The van der Waals surface area contributed by atoms with E-state index in [0.717, 1.165) is 59.9 Å². The predicted molar refractivity (Wildman–Crippen MR) is 132 cm³/mol. The molecule has 1 amide bonds. The molecule has 1 saturated heterocycles. The Kier molecular flexibility index (Phi) is 6.09. The number of nitrogens with one attached hydrogen (secondary N) is 1. The summed E-state index contributed by atoms with van der Waals surface area (Å²) in [4.78, 5) is 29.9. The summed E-state index contributed by atoms with van der Waals surface area (Å²) >= 11 is 0. The molecular weight excluding hydrogens is 430 g/mol. The number of nitrogens with zero attached hydrogens (tertiary/aromatic N) is 5. The first-order valence-electron chi connectivity index (χ1n) is 11.3. The Bertz CT molecular complexity index is 1210. The van der Waals surface area contributed by atoms with Crippen LogP contribution < -0.4 is 20.9 Å². The van der Waals surface area contributed by atoms with Gasteiger partial charge in [-0.15, -0.1) is 0 Å². The number of morpholine rings is 1. The molecule has 2 aromatic heterocycles.